The Labute approximate surface area is 196 Å². The zero-order valence-corrected chi connectivity index (χ0v) is 19.8. The molecule has 12 heteroatoms. The Kier molecular flexibility index (Phi) is 7.20. The standard InChI is InChI=1S/C22H29N4O7P/c1-22(23-2)19(28)17(32-20(22)26-14-11-18(27)24-21(26)29)15-31-34(30,25-12-7-4-8-13-25)33-16-9-5-3-6-10-16/h3,5-6,9-11,14,17,19-20,28H,2,4,7-8,12-13,15H2,1H3,(H,24,27,29)/t17-,19-,20-,22-,34?/m1/s1. The van der Waals surface area contributed by atoms with Crippen LogP contribution in [0.2, 0.25) is 0 Å². The van der Waals surface area contributed by atoms with Gasteiger partial charge in [-0.15, -0.1) is 0 Å². The summed E-state index contributed by atoms with van der Waals surface area (Å²) in [5.74, 6) is 0.402. The lowest BCUT2D eigenvalue weighted by Crippen LogP contribution is -2.45. The molecule has 11 nitrogen and oxygen atoms in total. The van der Waals surface area contributed by atoms with Crippen molar-refractivity contribution in [2.45, 2.75) is 50.2 Å². The summed E-state index contributed by atoms with van der Waals surface area (Å²) in [7, 11) is -3.77. The third kappa shape index (κ3) is 4.80. The molecule has 0 saturated carbocycles. The molecule has 3 heterocycles. The average Bonchev–Trinajstić information content (AvgIpc) is 3.09. The van der Waals surface area contributed by atoms with E-state index in [-0.39, 0.29) is 6.61 Å². The van der Waals surface area contributed by atoms with Gasteiger partial charge in [0.05, 0.1) is 6.61 Å². The lowest BCUT2D eigenvalue weighted by atomic mass is 9.93. The van der Waals surface area contributed by atoms with Gasteiger partial charge in [-0.05, 0) is 38.6 Å². The second-order valence-corrected chi connectivity index (χ2v) is 10.5. The molecule has 5 atom stereocenters. The molecule has 2 aliphatic heterocycles. The number of aliphatic imine (C=N–C) groups is 1. The molecule has 4 rings (SSSR count). The number of aromatic amines is 1. The van der Waals surface area contributed by atoms with Gasteiger partial charge >= 0.3 is 13.4 Å². The highest BCUT2D eigenvalue weighted by molar-refractivity contribution is 7.51. The van der Waals surface area contributed by atoms with Crippen LogP contribution in [0.4, 0.5) is 0 Å². The minimum atomic E-state index is -3.77. The van der Waals surface area contributed by atoms with Crippen LogP contribution in [0, 0.1) is 0 Å². The molecule has 184 valence electrons. The van der Waals surface area contributed by atoms with Crippen LogP contribution in [-0.2, 0) is 13.8 Å². The number of hydrogen-bond acceptors (Lipinski definition) is 8. The number of ether oxygens (including phenoxy) is 1. The molecule has 2 aliphatic rings. The Bertz CT molecular complexity index is 1160. The molecule has 2 N–H and O–H groups in total. The number of H-pyrrole nitrogens is 1. The molecule has 2 aromatic rings. The predicted octanol–water partition coefficient (Wildman–Crippen LogP) is 1.94. The second kappa shape index (κ2) is 9.97. The molecule has 2 fully saturated rings. The molecular weight excluding hydrogens is 463 g/mol. The Hall–Kier alpha value is -2.56. The summed E-state index contributed by atoms with van der Waals surface area (Å²) in [4.78, 5) is 30.0. The van der Waals surface area contributed by atoms with E-state index < -0.39 is 43.0 Å². The van der Waals surface area contributed by atoms with E-state index in [0.717, 1.165) is 23.8 Å². The molecule has 34 heavy (non-hydrogen) atoms. The SMILES string of the molecule is C=N[C@]1(C)[C@H](O)[C@@H](COP(=O)(Oc2ccccc2)N2CCCCC2)O[C@H]1n1ccc(=O)[nH]c1=O. The summed E-state index contributed by atoms with van der Waals surface area (Å²) in [5.41, 5.74) is -2.60. The molecule has 1 unspecified atom stereocenters. The summed E-state index contributed by atoms with van der Waals surface area (Å²) >= 11 is 0. The molecule has 1 aromatic heterocycles. The van der Waals surface area contributed by atoms with Gasteiger partial charge in [0.15, 0.2) is 6.23 Å². The number of piperidine rings is 1. The van der Waals surface area contributed by atoms with E-state index in [9.17, 15) is 19.3 Å². The van der Waals surface area contributed by atoms with E-state index in [2.05, 4.69) is 16.7 Å². The van der Waals surface area contributed by atoms with Crippen molar-refractivity contribution in [2.75, 3.05) is 19.7 Å². The van der Waals surface area contributed by atoms with Crippen molar-refractivity contribution in [1.29, 1.82) is 0 Å². The normalized spacial score (nSPS) is 29.4. The van der Waals surface area contributed by atoms with Crippen LogP contribution in [0.15, 0.2) is 57.2 Å². The maximum atomic E-state index is 13.9. The van der Waals surface area contributed by atoms with Crippen molar-refractivity contribution in [3.63, 3.8) is 0 Å². The molecule has 1 aromatic carbocycles. The first-order chi connectivity index (χ1) is 16.3. The molecule has 0 bridgehead atoms. The topological polar surface area (TPSA) is 135 Å². The first kappa shape index (κ1) is 24.6. The van der Waals surface area contributed by atoms with Gasteiger partial charge in [0.2, 0.25) is 0 Å². The minimum absolute atomic E-state index is 0.276. The third-order valence-electron chi connectivity index (χ3n) is 6.24. The van der Waals surface area contributed by atoms with E-state index in [1.54, 1.807) is 35.9 Å². The van der Waals surface area contributed by atoms with Crippen LogP contribution >= 0.6 is 7.75 Å². The molecule has 0 amide bonds. The zero-order valence-electron chi connectivity index (χ0n) is 18.9. The van der Waals surface area contributed by atoms with E-state index in [4.69, 9.17) is 13.8 Å². The van der Waals surface area contributed by atoms with Crippen molar-refractivity contribution in [3.8, 4) is 5.75 Å². The van der Waals surface area contributed by atoms with Crippen LogP contribution in [-0.4, -0.2) is 63.5 Å². The maximum Gasteiger partial charge on any atom is 0.461 e. The highest BCUT2D eigenvalue weighted by Gasteiger charge is 2.55. The van der Waals surface area contributed by atoms with Crippen molar-refractivity contribution in [2.24, 2.45) is 4.99 Å². The highest BCUT2D eigenvalue weighted by atomic mass is 31.2. The van der Waals surface area contributed by atoms with Crippen molar-refractivity contribution in [3.05, 3.63) is 63.4 Å². The summed E-state index contributed by atoms with van der Waals surface area (Å²) < 4.78 is 34.4. The maximum absolute atomic E-state index is 13.9. The first-order valence-corrected chi connectivity index (χ1v) is 12.6. The van der Waals surface area contributed by atoms with Gasteiger partial charge in [0.1, 0.15) is 23.5 Å². The number of aromatic nitrogens is 2. The Balaban J connectivity index is 1.57. The first-order valence-electron chi connectivity index (χ1n) is 11.1. The number of aliphatic hydroxyl groups excluding tert-OH is 1. The van der Waals surface area contributed by atoms with Crippen molar-refractivity contribution >= 4 is 14.5 Å². The number of nitrogens with zero attached hydrogens (tertiary/aromatic N) is 3. The van der Waals surface area contributed by atoms with Gasteiger partial charge in [0, 0.05) is 25.4 Å². The minimum Gasteiger partial charge on any atom is -0.413 e. The van der Waals surface area contributed by atoms with Gasteiger partial charge in [0.25, 0.3) is 5.56 Å². The van der Waals surface area contributed by atoms with Crippen molar-refractivity contribution in [1.82, 2.24) is 14.2 Å². The van der Waals surface area contributed by atoms with E-state index in [1.165, 1.54) is 12.3 Å². The van der Waals surface area contributed by atoms with Crippen LogP contribution in [0.5, 0.6) is 5.75 Å². The van der Waals surface area contributed by atoms with Gasteiger partial charge in [-0.3, -0.25) is 23.9 Å². The van der Waals surface area contributed by atoms with E-state index in [1.807, 2.05) is 6.07 Å². The molecule has 0 radical (unpaired) electrons. The fourth-order valence-electron chi connectivity index (χ4n) is 4.23. The summed E-state index contributed by atoms with van der Waals surface area (Å²) in [6, 6.07) is 9.92. The van der Waals surface area contributed by atoms with Crippen LogP contribution < -0.4 is 15.8 Å². The third-order valence-corrected chi connectivity index (χ3v) is 8.25. The van der Waals surface area contributed by atoms with E-state index in [0.29, 0.717) is 18.8 Å². The summed E-state index contributed by atoms with van der Waals surface area (Å²) in [6.07, 6.45) is 0.737. The average molecular weight is 492 g/mol. The number of para-hydroxylation sites is 1. The fourth-order valence-corrected chi connectivity index (χ4v) is 6.06. The Morgan fingerprint density at radius 1 is 1.24 bits per heavy atom. The Morgan fingerprint density at radius 2 is 1.94 bits per heavy atom. The lowest BCUT2D eigenvalue weighted by Gasteiger charge is -2.33. The fraction of sp³-hybridized carbons (Fsp3) is 0.500. The monoisotopic (exact) mass is 492 g/mol. The predicted molar refractivity (Wildman–Crippen MR) is 125 cm³/mol. The van der Waals surface area contributed by atoms with Gasteiger partial charge in [-0.2, -0.15) is 4.67 Å². The zero-order chi connectivity index (χ0) is 24.3. The smallest absolute Gasteiger partial charge is 0.413 e. The number of nitrogens with one attached hydrogen (secondary N) is 1. The van der Waals surface area contributed by atoms with Crippen LogP contribution in [0.3, 0.4) is 0 Å². The Morgan fingerprint density at radius 3 is 2.59 bits per heavy atom. The van der Waals surface area contributed by atoms with Gasteiger partial charge in [-0.25, -0.2) is 9.36 Å². The molecule has 0 spiro atoms. The molecule has 2 saturated heterocycles. The number of rotatable bonds is 8. The van der Waals surface area contributed by atoms with E-state index >= 15 is 0 Å². The van der Waals surface area contributed by atoms with Gasteiger partial charge < -0.3 is 14.4 Å². The quantitative estimate of drug-likeness (QED) is 0.422. The van der Waals surface area contributed by atoms with Crippen molar-refractivity contribution < 1.29 is 23.5 Å². The highest BCUT2D eigenvalue weighted by Crippen LogP contribution is 2.54. The summed E-state index contributed by atoms with van der Waals surface area (Å²) in [6.45, 7) is 5.97. The lowest BCUT2D eigenvalue weighted by molar-refractivity contribution is -0.0469. The van der Waals surface area contributed by atoms with Crippen LogP contribution in [0.25, 0.3) is 0 Å². The second-order valence-electron chi connectivity index (χ2n) is 8.56. The number of hydrogen-bond donors (Lipinski definition) is 2. The van der Waals surface area contributed by atoms with Crippen LogP contribution in [0.1, 0.15) is 32.4 Å². The molecular formula is C22H29N4O7P. The number of benzene rings is 1. The largest absolute Gasteiger partial charge is 0.461 e. The molecule has 0 aliphatic carbocycles. The number of aliphatic hydroxyl groups is 1. The van der Waals surface area contributed by atoms with Gasteiger partial charge in [-0.1, -0.05) is 24.6 Å². The summed E-state index contributed by atoms with van der Waals surface area (Å²) in [5, 5.41) is 11.0.